The lowest BCUT2D eigenvalue weighted by Crippen LogP contribution is -2.39. The summed E-state index contributed by atoms with van der Waals surface area (Å²) in [6, 6.07) is 7.48. The van der Waals surface area contributed by atoms with E-state index in [-0.39, 0.29) is 12.0 Å². The van der Waals surface area contributed by atoms with Crippen molar-refractivity contribution in [1.82, 2.24) is 4.90 Å². The molecule has 22 heavy (non-hydrogen) atoms. The van der Waals surface area contributed by atoms with Gasteiger partial charge in [-0.3, -0.25) is 4.79 Å². The highest BCUT2D eigenvalue weighted by atomic mass is 16.5. The van der Waals surface area contributed by atoms with Crippen LogP contribution in [0, 0.1) is 0 Å². The summed E-state index contributed by atoms with van der Waals surface area (Å²) in [4.78, 5) is 13.7. The average molecular weight is 309 g/mol. The van der Waals surface area contributed by atoms with Crippen LogP contribution < -0.4 is 9.47 Å². The van der Waals surface area contributed by atoms with Gasteiger partial charge >= 0.3 is 0 Å². The molecule has 1 aromatic carbocycles. The molecule has 0 spiro atoms. The van der Waals surface area contributed by atoms with Crippen molar-refractivity contribution in [3.05, 3.63) is 24.3 Å². The second kappa shape index (κ2) is 9.30. The summed E-state index contributed by atoms with van der Waals surface area (Å²) in [5.74, 6) is 1.47. The van der Waals surface area contributed by atoms with Crippen molar-refractivity contribution in [2.24, 2.45) is 0 Å². The molecule has 1 aromatic rings. The number of ether oxygens (including phenoxy) is 3. The molecule has 1 atom stereocenters. The number of carbonyl (C=O) groups excluding carboxylic acids is 1. The Bertz CT molecular complexity index is 462. The summed E-state index contributed by atoms with van der Waals surface area (Å²) in [5.41, 5.74) is 0. The molecule has 0 bridgehead atoms. The molecule has 0 fully saturated rings. The first-order chi connectivity index (χ1) is 10.4. The van der Waals surface area contributed by atoms with Crippen LogP contribution in [0.1, 0.15) is 27.7 Å². The lowest BCUT2D eigenvalue weighted by atomic mass is 10.3. The molecule has 0 aromatic heterocycles. The number of carbonyl (C=O) groups is 1. The van der Waals surface area contributed by atoms with E-state index in [0.717, 1.165) is 11.5 Å². The zero-order chi connectivity index (χ0) is 16.5. The number of nitrogens with zero attached hydrogens (tertiary/aromatic N) is 1. The number of rotatable bonds is 9. The van der Waals surface area contributed by atoms with Crippen LogP contribution in [0.3, 0.4) is 0 Å². The highest BCUT2D eigenvalue weighted by Gasteiger charge is 2.18. The summed E-state index contributed by atoms with van der Waals surface area (Å²) in [5, 5.41) is 0. The van der Waals surface area contributed by atoms with Crippen molar-refractivity contribution >= 4 is 5.91 Å². The zero-order valence-corrected chi connectivity index (χ0v) is 14.2. The van der Waals surface area contributed by atoms with E-state index in [2.05, 4.69) is 0 Å². The van der Waals surface area contributed by atoms with Gasteiger partial charge in [0.2, 0.25) is 0 Å². The third-order valence-electron chi connectivity index (χ3n) is 3.01. The molecule has 5 nitrogen and oxygen atoms in total. The minimum absolute atomic E-state index is 0.0323. The number of likely N-dealkylation sites (N-methyl/N-ethyl adjacent to an activating group) is 1. The number of hydrogen-bond acceptors (Lipinski definition) is 4. The maximum atomic E-state index is 12.1. The smallest absolute Gasteiger partial charge is 0.251 e. The van der Waals surface area contributed by atoms with Crippen molar-refractivity contribution in [1.29, 1.82) is 0 Å². The van der Waals surface area contributed by atoms with E-state index in [4.69, 9.17) is 14.2 Å². The Hall–Kier alpha value is -1.75. The van der Waals surface area contributed by atoms with E-state index in [9.17, 15) is 4.79 Å². The standard InChI is InChI=1S/C17H27NO4/c1-6-20-15-8-7-9-16(12-15)21-11-10-18(5)17(19)14(4)22-13(2)3/h7-9,12-14H,6,10-11H2,1-5H3/t14-/m1/s1. The van der Waals surface area contributed by atoms with Crippen molar-refractivity contribution in [2.75, 3.05) is 26.8 Å². The summed E-state index contributed by atoms with van der Waals surface area (Å²) >= 11 is 0. The van der Waals surface area contributed by atoms with Crippen LogP contribution in [0.25, 0.3) is 0 Å². The van der Waals surface area contributed by atoms with Gasteiger partial charge in [0.1, 0.15) is 24.2 Å². The molecule has 0 radical (unpaired) electrons. The Morgan fingerprint density at radius 3 is 2.41 bits per heavy atom. The van der Waals surface area contributed by atoms with Gasteiger partial charge in [0.25, 0.3) is 5.91 Å². The van der Waals surface area contributed by atoms with E-state index in [1.54, 1.807) is 18.9 Å². The monoisotopic (exact) mass is 309 g/mol. The van der Waals surface area contributed by atoms with Crippen LogP contribution in [-0.4, -0.2) is 49.8 Å². The van der Waals surface area contributed by atoms with E-state index >= 15 is 0 Å². The minimum Gasteiger partial charge on any atom is -0.494 e. The maximum absolute atomic E-state index is 12.1. The SMILES string of the molecule is CCOc1cccc(OCCN(C)C(=O)[C@@H](C)OC(C)C)c1. The minimum atomic E-state index is -0.439. The second-order valence-corrected chi connectivity index (χ2v) is 5.34. The van der Waals surface area contributed by atoms with E-state index in [0.29, 0.717) is 19.8 Å². The normalized spacial score (nSPS) is 12.1. The molecule has 0 saturated carbocycles. The molecule has 124 valence electrons. The van der Waals surface area contributed by atoms with Crippen LogP contribution in [-0.2, 0) is 9.53 Å². The van der Waals surface area contributed by atoms with Crippen molar-refractivity contribution < 1.29 is 19.0 Å². The Labute approximate surface area is 133 Å². The van der Waals surface area contributed by atoms with Crippen LogP contribution in [0.2, 0.25) is 0 Å². The van der Waals surface area contributed by atoms with Crippen LogP contribution in [0.5, 0.6) is 11.5 Å². The van der Waals surface area contributed by atoms with Gasteiger partial charge in [-0.2, -0.15) is 0 Å². The lowest BCUT2D eigenvalue weighted by Gasteiger charge is -2.23. The molecule has 0 aliphatic carbocycles. The Morgan fingerprint density at radius 2 is 1.82 bits per heavy atom. The van der Waals surface area contributed by atoms with E-state index < -0.39 is 6.10 Å². The quantitative estimate of drug-likeness (QED) is 0.704. The Balaban J connectivity index is 2.39. The van der Waals surface area contributed by atoms with Gasteiger partial charge in [-0.05, 0) is 39.8 Å². The highest BCUT2D eigenvalue weighted by molar-refractivity contribution is 5.80. The molecule has 1 amide bonds. The number of amides is 1. The number of hydrogen-bond donors (Lipinski definition) is 0. The average Bonchev–Trinajstić information content (AvgIpc) is 2.46. The van der Waals surface area contributed by atoms with Gasteiger partial charge in [0.05, 0.1) is 19.3 Å². The summed E-state index contributed by atoms with van der Waals surface area (Å²) in [6.07, 6.45) is -0.406. The fourth-order valence-corrected chi connectivity index (χ4v) is 2.01. The van der Waals surface area contributed by atoms with Crippen molar-refractivity contribution in [3.63, 3.8) is 0 Å². The molecule has 0 heterocycles. The molecule has 0 saturated heterocycles. The van der Waals surface area contributed by atoms with Crippen LogP contribution >= 0.6 is 0 Å². The largest absolute Gasteiger partial charge is 0.494 e. The number of benzene rings is 1. The van der Waals surface area contributed by atoms with Crippen molar-refractivity contribution in [3.8, 4) is 11.5 Å². The lowest BCUT2D eigenvalue weighted by molar-refractivity contribution is -0.144. The second-order valence-electron chi connectivity index (χ2n) is 5.34. The molecule has 0 N–H and O–H groups in total. The van der Waals surface area contributed by atoms with Gasteiger partial charge in [-0.1, -0.05) is 6.07 Å². The molecular weight excluding hydrogens is 282 g/mol. The van der Waals surface area contributed by atoms with Gasteiger partial charge in [-0.25, -0.2) is 0 Å². The Kier molecular flexibility index (Phi) is 7.74. The first-order valence-electron chi connectivity index (χ1n) is 7.70. The fraction of sp³-hybridized carbons (Fsp3) is 0.588. The van der Waals surface area contributed by atoms with Gasteiger partial charge in [0.15, 0.2) is 0 Å². The Morgan fingerprint density at radius 1 is 1.18 bits per heavy atom. The summed E-state index contributed by atoms with van der Waals surface area (Å²) in [7, 11) is 1.75. The molecular formula is C17H27NO4. The predicted octanol–water partition coefficient (Wildman–Crippen LogP) is 2.74. The summed E-state index contributed by atoms with van der Waals surface area (Å²) in [6.45, 7) is 9.08. The first kappa shape index (κ1) is 18.3. The van der Waals surface area contributed by atoms with Gasteiger partial charge in [0, 0.05) is 13.1 Å². The molecule has 5 heteroatoms. The van der Waals surface area contributed by atoms with E-state index in [1.165, 1.54) is 0 Å². The summed E-state index contributed by atoms with van der Waals surface area (Å²) < 4.78 is 16.6. The zero-order valence-electron chi connectivity index (χ0n) is 14.2. The topological polar surface area (TPSA) is 48.0 Å². The van der Waals surface area contributed by atoms with Crippen molar-refractivity contribution in [2.45, 2.75) is 39.9 Å². The molecule has 1 rings (SSSR count). The highest BCUT2D eigenvalue weighted by Crippen LogP contribution is 2.19. The maximum Gasteiger partial charge on any atom is 0.251 e. The molecule has 0 aliphatic rings. The predicted molar refractivity (Wildman–Crippen MR) is 86.4 cm³/mol. The molecule has 0 unspecified atom stereocenters. The van der Waals surface area contributed by atoms with E-state index in [1.807, 2.05) is 45.0 Å². The van der Waals surface area contributed by atoms with Crippen LogP contribution in [0.4, 0.5) is 0 Å². The third-order valence-corrected chi connectivity index (χ3v) is 3.01. The van der Waals surface area contributed by atoms with Gasteiger partial charge < -0.3 is 19.1 Å². The fourth-order valence-electron chi connectivity index (χ4n) is 2.01. The van der Waals surface area contributed by atoms with Crippen LogP contribution in [0.15, 0.2) is 24.3 Å². The first-order valence-corrected chi connectivity index (χ1v) is 7.70. The third kappa shape index (κ3) is 6.35. The van der Waals surface area contributed by atoms with Gasteiger partial charge in [-0.15, -0.1) is 0 Å². The molecule has 0 aliphatic heterocycles.